The van der Waals surface area contributed by atoms with Crippen molar-refractivity contribution in [2.75, 3.05) is 6.54 Å². The Balaban J connectivity index is 1.98. The third kappa shape index (κ3) is 5.76. The standard InChI is InChI=1S/C27H35NO6S/c1-16(2)20-12-22(17(3)4)25(23(13-20)18(5)6)35(32,33)34-21-14-24(27(30)31)28(15-21)26(29)19-10-8-7-9-11-19/h7-13,16-18,21,24H,14-15H2,1-6H3,(H,30,31)/t21?,24-/m0/s1. The van der Waals surface area contributed by atoms with Gasteiger partial charge in [-0.1, -0.05) is 71.9 Å². The molecule has 1 fully saturated rings. The summed E-state index contributed by atoms with van der Waals surface area (Å²) in [5.74, 6) is -1.55. The molecule has 0 aromatic heterocycles. The highest BCUT2D eigenvalue weighted by Gasteiger charge is 2.43. The Morgan fingerprint density at radius 1 is 0.943 bits per heavy atom. The summed E-state index contributed by atoms with van der Waals surface area (Å²) >= 11 is 0. The molecule has 0 spiro atoms. The molecule has 1 heterocycles. The summed E-state index contributed by atoms with van der Waals surface area (Å²) in [5.41, 5.74) is 2.77. The molecule has 1 N–H and O–H groups in total. The van der Waals surface area contributed by atoms with Crippen LogP contribution in [0, 0.1) is 0 Å². The van der Waals surface area contributed by atoms with E-state index in [0.29, 0.717) is 16.7 Å². The fraction of sp³-hybridized carbons (Fsp3) is 0.481. The van der Waals surface area contributed by atoms with Gasteiger partial charge in [0.2, 0.25) is 0 Å². The van der Waals surface area contributed by atoms with E-state index in [0.717, 1.165) is 5.56 Å². The lowest BCUT2D eigenvalue weighted by atomic mass is 9.89. The normalized spacial score (nSPS) is 18.6. The Morgan fingerprint density at radius 2 is 1.49 bits per heavy atom. The Morgan fingerprint density at radius 3 is 1.94 bits per heavy atom. The molecule has 3 rings (SSSR count). The van der Waals surface area contributed by atoms with Crippen molar-refractivity contribution in [2.24, 2.45) is 0 Å². The van der Waals surface area contributed by atoms with Crippen LogP contribution in [0.1, 0.15) is 92.8 Å². The number of carbonyl (C=O) groups excluding carboxylic acids is 1. The van der Waals surface area contributed by atoms with Crippen LogP contribution in [0.4, 0.5) is 0 Å². The molecule has 1 saturated heterocycles. The van der Waals surface area contributed by atoms with Gasteiger partial charge in [-0.3, -0.25) is 8.98 Å². The first-order chi connectivity index (χ1) is 16.3. The van der Waals surface area contributed by atoms with Crippen LogP contribution < -0.4 is 0 Å². The zero-order valence-electron chi connectivity index (χ0n) is 21.2. The fourth-order valence-electron chi connectivity index (χ4n) is 4.48. The Labute approximate surface area is 208 Å². The third-order valence-electron chi connectivity index (χ3n) is 6.42. The van der Waals surface area contributed by atoms with Crippen molar-refractivity contribution in [1.29, 1.82) is 0 Å². The zero-order valence-corrected chi connectivity index (χ0v) is 22.0. The van der Waals surface area contributed by atoms with Crippen LogP contribution in [0.3, 0.4) is 0 Å². The summed E-state index contributed by atoms with van der Waals surface area (Å²) in [6.07, 6.45) is -1.07. The first-order valence-electron chi connectivity index (χ1n) is 12.0. The van der Waals surface area contributed by atoms with Crippen molar-refractivity contribution in [1.82, 2.24) is 4.90 Å². The molecule has 1 amide bonds. The number of aliphatic carboxylic acids is 1. The third-order valence-corrected chi connectivity index (χ3v) is 7.92. The van der Waals surface area contributed by atoms with Gasteiger partial charge in [0.25, 0.3) is 16.0 Å². The van der Waals surface area contributed by atoms with Crippen molar-refractivity contribution in [3.05, 3.63) is 64.7 Å². The minimum absolute atomic E-state index is 0.0638. The van der Waals surface area contributed by atoms with Crippen LogP contribution >= 0.6 is 0 Å². The lowest BCUT2D eigenvalue weighted by molar-refractivity contribution is -0.141. The second kappa shape index (κ2) is 10.5. The number of likely N-dealkylation sites (tertiary alicyclic amines) is 1. The quantitative estimate of drug-likeness (QED) is 0.503. The SMILES string of the molecule is CC(C)c1cc(C(C)C)c(S(=O)(=O)OC2C[C@@H](C(=O)O)N(C(=O)c3ccccc3)C2)c(C(C)C)c1. The molecule has 0 radical (unpaired) electrons. The average Bonchev–Trinajstić information content (AvgIpc) is 3.21. The first-order valence-corrected chi connectivity index (χ1v) is 13.4. The van der Waals surface area contributed by atoms with Crippen LogP contribution in [0.5, 0.6) is 0 Å². The lowest BCUT2D eigenvalue weighted by Gasteiger charge is -2.23. The second-order valence-electron chi connectivity index (χ2n) is 10.1. The Hall–Kier alpha value is -2.71. The first kappa shape index (κ1) is 26.9. The number of rotatable bonds is 8. The predicted molar refractivity (Wildman–Crippen MR) is 134 cm³/mol. The summed E-state index contributed by atoms with van der Waals surface area (Å²) in [5, 5.41) is 9.73. The topological polar surface area (TPSA) is 101 Å². The molecule has 1 aliphatic rings. The van der Waals surface area contributed by atoms with Gasteiger partial charge >= 0.3 is 5.97 Å². The van der Waals surface area contributed by atoms with E-state index in [1.165, 1.54) is 4.90 Å². The minimum atomic E-state index is -4.23. The molecule has 2 atom stereocenters. The van der Waals surface area contributed by atoms with Gasteiger partial charge in [0.1, 0.15) is 10.9 Å². The van der Waals surface area contributed by atoms with Gasteiger partial charge < -0.3 is 10.0 Å². The number of hydrogen-bond acceptors (Lipinski definition) is 5. The van der Waals surface area contributed by atoms with Gasteiger partial charge in [-0.2, -0.15) is 8.42 Å². The van der Waals surface area contributed by atoms with Crippen LogP contribution in [-0.2, 0) is 19.1 Å². The van der Waals surface area contributed by atoms with E-state index in [1.54, 1.807) is 30.3 Å². The van der Waals surface area contributed by atoms with Gasteiger partial charge in [0.05, 0.1) is 6.10 Å². The van der Waals surface area contributed by atoms with Crippen molar-refractivity contribution in [3.8, 4) is 0 Å². The molecule has 1 unspecified atom stereocenters. The van der Waals surface area contributed by atoms with Gasteiger partial charge in [-0.25, -0.2) is 4.79 Å². The molecule has 0 bridgehead atoms. The smallest absolute Gasteiger partial charge is 0.326 e. The highest BCUT2D eigenvalue weighted by molar-refractivity contribution is 7.86. The molecule has 0 saturated carbocycles. The monoisotopic (exact) mass is 501 g/mol. The van der Waals surface area contributed by atoms with E-state index in [9.17, 15) is 23.1 Å². The zero-order chi connectivity index (χ0) is 26.1. The molecular weight excluding hydrogens is 466 g/mol. The highest BCUT2D eigenvalue weighted by Crippen LogP contribution is 2.37. The number of nitrogens with zero attached hydrogens (tertiary/aromatic N) is 1. The summed E-state index contributed by atoms with van der Waals surface area (Å²) in [6, 6.07) is 11.0. The molecule has 1 aliphatic heterocycles. The molecule has 35 heavy (non-hydrogen) atoms. The number of carboxylic acid groups (broad SMARTS) is 1. The van der Waals surface area contributed by atoms with Gasteiger partial charge in [-0.05, 0) is 46.6 Å². The van der Waals surface area contributed by atoms with Crippen LogP contribution in [0.15, 0.2) is 47.4 Å². The van der Waals surface area contributed by atoms with E-state index >= 15 is 0 Å². The largest absolute Gasteiger partial charge is 0.480 e. The number of carboxylic acids is 1. The van der Waals surface area contributed by atoms with Crippen LogP contribution in [0.25, 0.3) is 0 Å². The van der Waals surface area contributed by atoms with E-state index < -0.39 is 34.1 Å². The van der Waals surface area contributed by atoms with E-state index in [2.05, 4.69) is 13.8 Å². The van der Waals surface area contributed by atoms with E-state index in [1.807, 2.05) is 39.8 Å². The summed E-state index contributed by atoms with van der Waals surface area (Å²) in [7, 11) is -4.23. The number of benzene rings is 2. The summed E-state index contributed by atoms with van der Waals surface area (Å²) in [4.78, 5) is 26.3. The van der Waals surface area contributed by atoms with E-state index in [-0.39, 0.29) is 35.6 Å². The van der Waals surface area contributed by atoms with Crippen LogP contribution in [-0.4, -0.2) is 49.0 Å². The molecule has 2 aromatic rings. The van der Waals surface area contributed by atoms with Crippen molar-refractivity contribution in [2.45, 2.75) is 82.8 Å². The van der Waals surface area contributed by atoms with E-state index in [4.69, 9.17) is 4.18 Å². The maximum Gasteiger partial charge on any atom is 0.326 e. The molecule has 8 heteroatoms. The van der Waals surface area contributed by atoms with Gasteiger partial charge in [-0.15, -0.1) is 0 Å². The molecular formula is C27H35NO6S. The average molecular weight is 502 g/mol. The maximum atomic E-state index is 13.7. The highest BCUT2D eigenvalue weighted by atomic mass is 32.2. The lowest BCUT2D eigenvalue weighted by Crippen LogP contribution is -2.40. The number of hydrogen-bond donors (Lipinski definition) is 1. The number of amides is 1. The number of carbonyl (C=O) groups is 2. The van der Waals surface area contributed by atoms with Gasteiger partial charge in [0, 0.05) is 18.5 Å². The minimum Gasteiger partial charge on any atom is -0.480 e. The van der Waals surface area contributed by atoms with Crippen molar-refractivity contribution < 1.29 is 27.3 Å². The summed E-state index contributed by atoms with van der Waals surface area (Å²) in [6.45, 7) is 11.8. The maximum absolute atomic E-state index is 13.7. The van der Waals surface area contributed by atoms with Crippen molar-refractivity contribution >= 4 is 22.0 Å². The molecule has 190 valence electrons. The predicted octanol–water partition coefficient (Wildman–Crippen LogP) is 5.13. The molecule has 7 nitrogen and oxygen atoms in total. The molecule has 2 aromatic carbocycles. The fourth-order valence-corrected chi connectivity index (χ4v) is 6.24. The second-order valence-corrected chi connectivity index (χ2v) is 11.6. The Bertz CT molecular complexity index is 1160. The summed E-state index contributed by atoms with van der Waals surface area (Å²) < 4.78 is 33.0. The molecule has 0 aliphatic carbocycles. The van der Waals surface area contributed by atoms with Crippen LogP contribution in [0.2, 0.25) is 0 Å². The van der Waals surface area contributed by atoms with Gasteiger partial charge in [0.15, 0.2) is 0 Å². The van der Waals surface area contributed by atoms with Crippen molar-refractivity contribution in [3.63, 3.8) is 0 Å². The Kier molecular flexibility index (Phi) is 8.07.